The zero-order valence-electron chi connectivity index (χ0n) is 16.8. The van der Waals surface area contributed by atoms with Gasteiger partial charge in [0.15, 0.2) is 0 Å². The fourth-order valence-electron chi connectivity index (χ4n) is 3.04. The van der Waals surface area contributed by atoms with Crippen molar-refractivity contribution in [3.05, 3.63) is 58.7 Å². The third kappa shape index (κ3) is 6.35. The van der Waals surface area contributed by atoms with Crippen molar-refractivity contribution in [2.24, 2.45) is 0 Å². The Balaban J connectivity index is 1.75. The van der Waals surface area contributed by atoms with Crippen molar-refractivity contribution in [2.75, 3.05) is 19.7 Å². The summed E-state index contributed by atoms with van der Waals surface area (Å²) in [5, 5.41) is 2.72. The predicted molar refractivity (Wildman–Crippen MR) is 110 cm³/mol. The first-order valence-electron chi connectivity index (χ1n) is 9.23. The van der Waals surface area contributed by atoms with Crippen molar-refractivity contribution in [3.63, 3.8) is 0 Å². The van der Waals surface area contributed by atoms with Gasteiger partial charge in [0.2, 0.25) is 15.9 Å². The molecule has 0 heterocycles. The van der Waals surface area contributed by atoms with Crippen LogP contribution in [-0.4, -0.2) is 34.0 Å². The average Bonchev–Trinajstić information content (AvgIpc) is 2.59. The van der Waals surface area contributed by atoms with E-state index in [1.54, 1.807) is 13.8 Å². The number of aryl methyl sites for hydroxylation is 4. The van der Waals surface area contributed by atoms with Crippen LogP contribution in [0, 0.1) is 27.7 Å². The van der Waals surface area contributed by atoms with Gasteiger partial charge in [0.25, 0.3) is 0 Å². The second kappa shape index (κ2) is 9.71. The molecular formula is C21H28N2O4S. The van der Waals surface area contributed by atoms with Crippen LogP contribution in [-0.2, 0) is 14.8 Å². The Morgan fingerprint density at radius 1 is 0.929 bits per heavy atom. The maximum atomic E-state index is 12.5. The first-order chi connectivity index (χ1) is 13.2. The van der Waals surface area contributed by atoms with Crippen LogP contribution >= 0.6 is 0 Å². The normalized spacial score (nSPS) is 11.3. The van der Waals surface area contributed by atoms with Crippen molar-refractivity contribution in [1.29, 1.82) is 0 Å². The van der Waals surface area contributed by atoms with E-state index in [9.17, 15) is 13.2 Å². The molecule has 0 saturated heterocycles. The molecule has 2 aromatic carbocycles. The van der Waals surface area contributed by atoms with Gasteiger partial charge in [-0.1, -0.05) is 35.4 Å². The van der Waals surface area contributed by atoms with Crippen LogP contribution in [0.4, 0.5) is 0 Å². The summed E-state index contributed by atoms with van der Waals surface area (Å²) in [6, 6.07) is 11.3. The molecule has 0 aliphatic carbocycles. The Kier molecular flexibility index (Phi) is 7.60. The van der Waals surface area contributed by atoms with Gasteiger partial charge < -0.3 is 10.1 Å². The lowest BCUT2D eigenvalue weighted by atomic mass is 10.1. The van der Waals surface area contributed by atoms with E-state index in [-0.39, 0.29) is 23.8 Å². The number of carbonyl (C=O) groups excluding carboxylic acids is 1. The van der Waals surface area contributed by atoms with E-state index in [4.69, 9.17) is 4.74 Å². The second-order valence-electron chi connectivity index (χ2n) is 6.89. The van der Waals surface area contributed by atoms with Gasteiger partial charge in [-0.05, 0) is 51.0 Å². The van der Waals surface area contributed by atoms with Gasteiger partial charge in [0, 0.05) is 13.0 Å². The summed E-state index contributed by atoms with van der Waals surface area (Å²) in [6.07, 6.45) is 0.0632. The predicted octanol–water partition coefficient (Wildman–Crippen LogP) is 2.78. The molecule has 0 aliphatic rings. The Hall–Kier alpha value is -2.38. The topological polar surface area (TPSA) is 84.5 Å². The molecule has 2 N–H and O–H groups in total. The second-order valence-corrected chi connectivity index (χ2v) is 8.59. The fraction of sp³-hybridized carbons (Fsp3) is 0.381. The highest BCUT2D eigenvalue weighted by molar-refractivity contribution is 7.89. The van der Waals surface area contributed by atoms with Crippen molar-refractivity contribution in [3.8, 4) is 5.75 Å². The molecule has 0 aliphatic heterocycles. The summed E-state index contributed by atoms with van der Waals surface area (Å²) in [5.41, 5.74) is 3.56. The van der Waals surface area contributed by atoms with Crippen LogP contribution in [0.15, 0.2) is 41.3 Å². The van der Waals surface area contributed by atoms with E-state index < -0.39 is 10.0 Å². The van der Waals surface area contributed by atoms with Gasteiger partial charge in [-0.3, -0.25) is 4.79 Å². The van der Waals surface area contributed by atoms with Crippen LogP contribution in [0.3, 0.4) is 0 Å². The zero-order chi connectivity index (χ0) is 20.7. The maximum Gasteiger partial charge on any atom is 0.241 e. The molecule has 2 aromatic rings. The third-order valence-corrected chi connectivity index (χ3v) is 6.00. The largest absolute Gasteiger partial charge is 0.492 e. The molecule has 0 atom stereocenters. The molecule has 0 aromatic heterocycles. The van der Waals surface area contributed by atoms with Crippen LogP contribution in [0.1, 0.15) is 28.7 Å². The van der Waals surface area contributed by atoms with E-state index in [2.05, 4.69) is 10.0 Å². The summed E-state index contributed by atoms with van der Waals surface area (Å²) < 4.78 is 33.1. The number of hydrogen-bond donors (Lipinski definition) is 2. The van der Waals surface area contributed by atoms with E-state index in [0.29, 0.717) is 24.3 Å². The standard InChI is InChI=1S/C21H28N2O4S/c1-15-5-7-19(8-6-15)27-12-11-22-20(24)9-10-23-28(25,26)21-17(3)13-16(2)14-18(21)4/h5-8,13-14,23H,9-12H2,1-4H3,(H,22,24). The van der Waals surface area contributed by atoms with Crippen molar-refractivity contribution < 1.29 is 17.9 Å². The number of nitrogens with one attached hydrogen (secondary N) is 2. The minimum atomic E-state index is -3.65. The molecule has 6 nitrogen and oxygen atoms in total. The lowest BCUT2D eigenvalue weighted by Crippen LogP contribution is -2.33. The van der Waals surface area contributed by atoms with Crippen molar-refractivity contribution >= 4 is 15.9 Å². The SMILES string of the molecule is Cc1ccc(OCCNC(=O)CCNS(=O)(=O)c2c(C)cc(C)cc2C)cc1. The summed E-state index contributed by atoms with van der Waals surface area (Å²) in [4.78, 5) is 12.2. The molecule has 1 amide bonds. The van der Waals surface area contributed by atoms with Crippen LogP contribution < -0.4 is 14.8 Å². The molecule has 2 rings (SSSR count). The number of benzene rings is 2. The molecule has 152 valence electrons. The maximum absolute atomic E-state index is 12.5. The van der Waals surface area contributed by atoms with Crippen LogP contribution in [0.2, 0.25) is 0 Å². The Morgan fingerprint density at radius 2 is 1.54 bits per heavy atom. The number of hydrogen-bond acceptors (Lipinski definition) is 4. The smallest absolute Gasteiger partial charge is 0.241 e. The van der Waals surface area contributed by atoms with Crippen molar-refractivity contribution in [1.82, 2.24) is 10.0 Å². The molecule has 0 bridgehead atoms. The minimum Gasteiger partial charge on any atom is -0.492 e. The van der Waals surface area contributed by atoms with Gasteiger partial charge in [0.1, 0.15) is 12.4 Å². The van der Waals surface area contributed by atoms with Gasteiger partial charge in [-0.2, -0.15) is 0 Å². The summed E-state index contributed by atoms with van der Waals surface area (Å²) in [7, 11) is -3.65. The molecule has 0 saturated carbocycles. The van der Waals surface area contributed by atoms with Crippen molar-refractivity contribution in [2.45, 2.75) is 39.0 Å². The van der Waals surface area contributed by atoms with Gasteiger partial charge in [-0.15, -0.1) is 0 Å². The van der Waals surface area contributed by atoms with E-state index in [1.807, 2.05) is 50.2 Å². The molecule has 7 heteroatoms. The lowest BCUT2D eigenvalue weighted by Gasteiger charge is -2.13. The Labute approximate surface area is 167 Å². The first-order valence-corrected chi connectivity index (χ1v) is 10.7. The van der Waals surface area contributed by atoms with E-state index in [1.165, 1.54) is 0 Å². The van der Waals surface area contributed by atoms with E-state index in [0.717, 1.165) is 16.9 Å². The number of ether oxygens (including phenoxy) is 1. The molecule has 0 spiro atoms. The highest BCUT2D eigenvalue weighted by Crippen LogP contribution is 2.21. The molecule has 0 radical (unpaired) electrons. The zero-order valence-corrected chi connectivity index (χ0v) is 17.7. The first kappa shape index (κ1) is 21.9. The van der Waals surface area contributed by atoms with Gasteiger partial charge in [0.05, 0.1) is 11.4 Å². The highest BCUT2D eigenvalue weighted by Gasteiger charge is 2.19. The molecule has 0 unspecified atom stereocenters. The summed E-state index contributed by atoms with van der Waals surface area (Å²) in [6.45, 7) is 8.22. The third-order valence-electron chi connectivity index (χ3n) is 4.23. The number of rotatable bonds is 9. The number of amides is 1. The Morgan fingerprint density at radius 3 is 2.14 bits per heavy atom. The molecule has 28 heavy (non-hydrogen) atoms. The highest BCUT2D eigenvalue weighted by atomic mass is 32.2. The van der Waals surface area contributed by atoms with Gasteiger partial charge >= 0.3 is 0 Å². The van der Waals surface area contributed by atoms with E-state index >= 15 is 0 Å². The quantitative estimate of drug-likeness (QED) is 0.630. The lowest BCUT2D eigenvalue weighted by molar-refractivity contribution is -0.121. The number of sulfonamides is 1. The summed E-state index contributed by atoms with van der Waals surface area (Å²) in [5.74, 6) is 0.518. The molecular weight excluding hydrogens is 376 g/mol. The van der Waals surface area contributed by atoms with Crippen LogP contribution in [0.5, 0.6) is 5.75 Å². The fourth-order valence-corrected chi connectivity index (χ4v) is 4.52. The minimum absolute atomic E-state index is 0.0414. The van der Waals surface area contributed by atoms with Crippen LogP contribution in [0.25, 0.3) is 0 Å². The summed E-state index contributed by atoms with van der Waals surface area (Å²) >= 11 is 0. The average molecular weight is 405 g/mol. The Bertz CT molecular complexity index is 899. The molecule has 0 fully saturated rings. The number of carbonyl (C=O) groups is 1. The van der Waals surface area contributed by atoms with Gasteiger partial charge in [-0.25, -0.2) is 13.1 Å². The monoisotopic (exact) mass is 404 g/mol.